The van der Waals surface area contributed by atoms with Gasteiger partial charge in [-0.25, -0.2) is 18.6 Å². The summed E-state index contributed by atoms with van der Waals surface area (Å²) in [4.78, 5) is 15.0. The second-order valence-electron chi connectivity index (χ2n) is 2.84. The number of hydrogen-bond donors (Lipinski definition) is 0. The number of ether oxygens (including phenoxy) is 2. The van der Waals surface area contributed by atoms with Crippen LogP contribution in [0.3, 0.4) is 0 Å². The van der Waals surface area contributed by atoms with Gasteiger partial charge in [-0.15, -0.1) is 0 Å². The molecule has 0 saturated heterocycles. The van der Waals surface area contributed by atoms with Crippen LogP contribution in [0.15, 0.2) is 12.3 Å². The molecule has 1 aromatic rings. The fourth-order valence-electron chi connectivity index (χ4n) is 1.09. The van der Waals surface area contributed by atoms with Gasteiger partial charge in [0.1, 0.15) is 0 Å². The fourth-order valence-corrected chi connectivity index (χ4v) is 1.09. The van der Waals surface area contributed by atoms with Crippen molar-refractivity contribution < 1.29 is 23.0 Å². The molecule has 0 aliphatic heterocycles. The molecular weight excluding hydrogens is 220 g/mol. The van der Waals surface area contributed by atoms with Gasteiger partial charge >= 0.3 is 5.97 Å². The lowest BCUT2D eigenvalue weighted by Crippen LogP contribution is -2.09. The van der Waals surface area contributed by atoms with E-state index in [4.69, 9.17) is 9.47 Å². The average Bonchev–Trinajstić information content (AvgIpc) is 2.28. The van der Waals surface area contributed by atoms with E-state index in [2.05, 4.69) is 4.98 Å². The molecule has 0 aliphatic rings. The van der Waals surface area contributed by atoms with Gasteiger partial charge in [0.2, 0.25) is 0 Å². The molecule has 4 nitrogen and oxygen atoms in total. The van der Waals surface area contributed by atoms with Gasteiger partial charge in [-0.2, -0.15) is 0 Å². The van der Waals surface area contributed by atoms with Crippen LogP contribution >= 0.6 is 0 Å². The van der Waals surface area contributed by atoms with Crippen molar-refractivity contribution in [2.24, 2.45) is 0 Å². The van der Waals surface area contributed by atoms with E-state index in [0.717, 1.165) is 12.3 Å². The zero-order valence-corrected chi connectivity index (χ0v) is 8.87. The Morgan fingerprint density at radius 1 is 1.56 bits per heavy atom. The highest BCUT2D eigenvalue weighted by atomic mass is 19.3. The Hall–Kier alpha value is -1.72. The maximum absolute atomic E-state index is 12.4. The maximum Gasteiger partial charge on any atom is 0.360 e. The zero-order valence-electron chi connectivity index (χ0n) is 8.87. The van der Waals surface area contributed by atoms with Gasteiger partial charge in [0, 0.05) is 11.8 Å². The summed E-state index contributed by atoms with van der Waals surface area (Å²) >= 11 is 0. The molecule has 0 radical (unpaired) electrons. The molecule has 0 spiro atoms. The second-order valence-corrected chi connectivity index (χ2v) is 2.84. The number of alkyl halides is 2. The van der Waals surface area contributed by atoms with Crippen molar-refractivity contribution in [2.45, 2.75) is 13.3 Å². The summed E-state index contributed by atoms with van der Waals surface area (Å²) in [6.45, 7) is 1.82. The van der Waals surface area contributed by atoms with Crippen LogP contribution < -0.4 is 4.74 Å². The number of hydrogen-bond acceptors (Lipinski definition) is 4. The van der Waals surface area contributed by atoms with Crippen LogP contribution in [-0.2, 0) is 4.74 Å². The van der Waals surface area contributed by atoms with Gasteiger partial charge in [-0.05, 0) is 13.0 Å². The van der Waals surface area contributed by atoms with Crippen molar-refractivity contribution >= 4 is 5.97 Å². The SMILES string of the molecule is CCOC(=O)c1ncc(C(F)F)cc1OC. The summed E-state index contributed by atoms with van der Waals surface area (Å²) < 4.78 is 34.2. The highest BCUT2D eigenvalue weighted by Crippen LogP contribution is 2.25. The normalized spacial score (nSPS) is 10.3. The molecule has 1 rings (SSSR count). The molecule has 0 aromatic carbocycles. The van der Waals surface area contributed by atoms with Gasteiger partial charge < -0.3 is 9.47 Å². The van der Waals surface area contributed by atoms with Crippen molar-refractivity contribution in [1.82, 2.24) is 4.98 Å². The Labute approximate surface area is 91.2 Å². The standard InChI is InChI=1S/C10H11F2NO3/c1-3-16-10(14)8-7(15-2)4-6(5-13-8)9(11)12/h4-5,9H,3H2,1-2H3. The number of nitrogens with zero attached hydrogens (tertiary/aromatic N) is 1. The topological polar surface area (TPSA) is 48.4 Å². The first kappa shape index (κ1) is 12.4. The summed E-state index contributed by atoms with van der Waals surface area (Å²) in [5.41, 5.74) is -0.404. The van der Waals surface area contributed by atoms with Crippen LogP contribution in [0.4, 0.5) is 8.78 Å². The van der Waals surface area contributed by atoms with Gasteiger partial charge in [-0.3, -0.25) is 0 Å². The third-order valence-corrected chi connectivity index (χ3v) is 1.81. The van der Waals surface area contributed by atoms with Gasteiger partial charge in [-0.1, -0.05) is 0 Å². The molecule has 88 valence electrons. The van der Waals surface area contributed by atoms with Crippen molar-refractivity contribution in [3.05, 3.63) is 23.5 Å². The fraction of sp³-hybridized carbons (Fsp3) is 0.400. The molecule has 0 aliphatic carbocycles. The minimum Gasteiger partial charge on any atom is -0.494 e. The van der Waals surface area contributed by atoms with E-state index in [1.54, 1.807) is 6.92 Å². The lowest BCUT2D eigenvalue weighted by atomic mass is 10.2. The summed E-state index contributed by atoms with van der Waals surface area (Å²) in [5.74, 6) is -0.712. The first-order valence-electron chi connectivity index (χ1n) is 4.59. The zero-order chi connectivity index (χ0) is 12.1. The monoisotopic (exact) mass is 231 g/mol. The Kier molecular flexibility index (Phi) is 4.16. The molecule has 0 fully saturated rings. The smallest absolute Gasteiger partial charge is 0.360 e. The van der Waals surface area contributed by atoms with E-state index in [9.17, 15) is 13.6 Å². The maximum atomic E-state index is 12.4. The van der Waals surface area contributed by atoms with E-state index < -0.39 is 12.4 Å². The number of rotatable bonds is 4. The van der Waals surface area contributed by atoms with E-state index in [1.165, 1.54) is 7.11 Å². The van der Waals surface area contributed by atoms with Crippen LogP contribution in [0.5, 0.6) is 5.75 Å². The summed E-state index contributed by atoms with van der Waals surface area (Å²) in [7, 11) is 1.27. The third kappa shape index (κ3) is 2.65. The molecule has 1 aromatic heterocycles. The number of pyridine rings is 1. The van der Waals surface area contributed by atoms with E-state index in [-0.39, 0.29) is 23.6 Å². The third-order valence-electron chi connectivity index (χ3n) is 1.81. The highest BCUT2D eigenvalue weighted by Gasteiger charge is 2.18. The minimum absolute atomic E-state index is 0.0174. The van der Waals surface area contributed by atoms with Crippen molar-refractivity contribution in [2.75, 3.05) is 13.7 Å². The van der Waals surface area contributed by atoms with Gasteiger partial charge in [0.15, 0.2) is 11.4 Å². The number of aromatic nitrogens is 1. The Morgan fingerprint density at radius 2 is 2.25 bits per heavy atom. The van der Waals surface area contributed by atoms with Crippen molar-refractivity contribution in [1.29, 1.82) is 0 Å². The predicted molar refractivity (Wildman–Crippen MR) is 51.7 cm³/mol. The first-order chi connectivity index (χ1) is 7.60. The molecule has 0 unspecified atom stereocenters. The molecule has 0 bridgehead atoms. The summed E-state index contributed by atoms with van der Waals surface area (Å²) in [6, 6.07) is 1.07. The number of methoxy groups -OCH3 is 1. The highest BCUT2D eigenvalue weighted by molar-refractivity contribution is 5.90. The van der Waals surface area contributed by atoms with Crippen LogP contribution in [0.25, 0.3) is 0 Å². The van der Waals surface area contributed by atoms with Crippen LogP contribution in [0.1, 0.15) is 29.4 Å². The second kappa shape index (κ2) is 5.39. The molecule has 1 heterocycles. The van der Waals surface area contributed by atoms with Gasteiger partial charge in [0.25, 0.3) is 6.43 Å². The minimum atomic E-state index is -2.65. The Morgan fingerprint density at radius 3 is 2.75 bits per heavy atom. The van der Waals surface area contributed by atoms with Crippen molar-refractivity contribution in [3.8, 4) is 5.75 Å². The predicted octanol–water partition coefficient (Wildman–Crippen LogP) is 2.20. The number of halogens is 2. The van der Waals surface area contributed by atoms with Crippen LogP contribution in [-0.4, -0.2) is 24.7 Å². The lowest BCUT2D eigenvalue weighted by Gasteiger charge is -2.08. The number of esters is 1. The first-order valence-corrected chi connectivity index (χ1v) is 4.59. The molecule has 16 heavy (non-hydrogen) atoms. The van der Waals surface area contributed by atoms with Crippen LogP contribution in [0, 0.1) is 0 Å². The van der Waals surface area contributed by atoms with E-state index in [0.29, 0.717) is 0 Å². The van der Waals surface area contributed by atoms with Gasteiger partial charge in [0.05, 0.1) is 13.7 Å². The molecule has 0 saturated carbocycles. The largest absolute Gasteiger partial charge is 0.494 e. The Bertz CT molecular complexity index is 382. The quantitative estimate of drug-likeness (QED) is 0.745. The van der Waals surface area contributed by atoms with Crippen LogP contribution in [0.2, 0.25) is 0 Å². The van der Waals surface area contributed by atoms with E-state index >= 15 is 0 Å². The summed E-state index contributed by atoms with van der Waals surface area (Å²) in [6.07, 6.45) is -1.72. The molecule has 6 heteroatoms. The van der Waals surface area contributed by atoms with Crippen molar-refractivity contribution in [3.63, 3.8) is 0 Å². The lowest BCUT2D eigenvalue weighted by molar-refractivity contribution is 0.0514. The molecular formula is C10H11F2NO3. The summed E-state index contributed by atoms with van der Waals surface area (Å²) in [5, 5.41) is 0. The molecule has 0 atom stereocenters. The molecule has 0 N–H and O–H groups in total. The number of carbonyl (C=O) groups is 1. The number of carbonyl (C=O) groups excluding carboxylic acids is 1. The van der Waals surface area contributed by atoms with E-state index in [1.807, 2.05) is 0 Å². The molecule has 0 amide bonds. The Balaban J connectivity index is 3.06. The average molecular weight is 231 g/mol.